The summed E-state index contributed by atoms with van der Waals surface area (Å²) in [7, 11) is 0. The van der Waals surface area contributed by atoms with Crippen molar-refractivity contribution in [1.29, 1.82) is 0 Å². The number of aryl methyl sites for hydroxylation is 2. The Kier molecular flexibility index (Phi) is 4.22. The first kappa shape index (κ1) is 13.6. The van der Waals surface area contributed by atoms with Gasteiger partial charge in [-0.1, -0.05) is 30.3 Å². The number of guanidine groups is 1. The van der Waals surface area contributed by atoms with Crippen LogP contribution in [0.5, 0.6) is 0 Å². The van der Waals surface area contributed by atoms with Crippen molar-refractivity contribution < 1.29 is 0 Å². The molecule has 0 atom stereocenters. The van der Waals surface area contributed by atoms with E-state index in [9.17, 15) is 0 Å². The molecule has 0 radical (unpaired) electrons. The van der Waals surface area contributed by atoms with Crippen LogP contribution < -0.4 is 11.1 Å². The first-order valence-corrected chi connectivity index (χ1v) is 6.79. The fraction of sp³-hybridized carbons (Fsp3) is 0.133. The van der Waals surface area contributed by atoms with Gasteiger partial charge in [0, 0.05) is 10.2 Å². The molecule has 0 amide bonds. The molecule has 2 rings (SSSR count). The lowest BCUT2D eigenvalue weighted by atomic mass is 10.2. The summed E-state index contributed by atoms with van der Waals surface area (Å²) in [6, 6.07) is 13.9. The van der Waals surface area contributed by atoms with E-state index in [1.54, 1.807) is 0 Å². The average molecular weight is 318 g/mol. The SMILES string of the molecule is Cc1ccccc1NC(N)=Nc1c(C)cccc1Br. The van der Waals surface area contributed by atoms with Gasteiger partial charge in [0.25, 0.3) is 0 Å². The van der Waals surface area contributed by atoms with E-state index in [0.717, 1.165) is 27.0 Å². The molecule has 0 aliphatic rings. The predicted octanol–water partition coefficient (Wildman–Crippen LogP) is 4.12. The number of benzene rings is 2. The Hall–Kier alpha value is -1.81. The lowest BCUT2D eigenvalue weighted by Gasteiger charge is -2.09. The van der Waals surface area contributed by atoms with Gasteiger partial charge in [0.15, 0.2) is 5.96 Å². The van der Waals surface area contributed by atoms with E-state index in [4.69, 9.17) is 5.73 Å². The van der Waals surface area contributed by atoms with E-state index < -0.39 is 0 Å². The molecule has 3 N–H and O–H groups in total. The largest absolute Gasteiger partial charge is 0.369 e. The normalized spacial score (nSPS) is 11.4. The van der Waals surface area contributed by atoms with E-state index >= 15 is 0 Å². The van der Waals surface area contributed by atoms with Crippen molar-refractivity contribution >= 4 is 33.3 Å². The summed E-state index contributed by atoms with van der Waals surface area (Å²) >= 11 is 3.49. The first-order valence-electron chi connectivity index (χ1n) is 6.00. The minimum absolute atomic E-state index is 0.379. The third-order valence-electron chi connectivity index (χ3n) is 2.83. The zero-order valence-corrected chi connectivity index (χ0v) is 12.5. The number of anilines is 1. The number of nitrogens with two attached hydrogens (primary N) is 1. The maximum absolute atomic E-state index is 5.96. The van der Waals surface area contributed by atoms with E-state index in [-0.39, 0.29) is 0 Å². The molecule has 0 bridgehead atoms. The molecule has 0 heterocycles. The lowest BCUT2D eigenvalue weighted by Crippen LogP contribution is -2.22. The Morgan fingerprint density at radius 1 is 1.05 bits per heavy atom. The van der Waals surface area contributed by atoms with Gasteiger partial charge in [-0.05, 0) is 53.0 Å². The van der Waals surface area contributed by atoms with Crippen molar-refractivity contribution in [2.45, 2.75) is 13.8 Å². The Labute approximate surface area is 121 Å². The number of aliphatic imine (C=N–C) groups is 1. The number of hydrogen-bond acceptors (Lipinski definition) is 1. The highest BCUT2D eigenvalue weighted by atomic mass is 79.9. The molecule has 2 aromatic rings. The second kappa shape index (κ2) is 5.89. The van der Waals surface area contributed by atoms with Crippen LogP contribution in [0.3, 0.4) is 0 Å². The summed E-state index contributed by atoms with van der Waals surface area (Å²) < 4.78 is 0.932. The van der Waals surface area contributed by atoms with Gasteiger partial charge in [-0.15, -0.1) is 0 Å². The minimum Gasteiger partial charge on any atom is -0.369 e. The smallest absolute Gasteiger partial charge is 0.198 e. The zero-order chi connectivity index (χ0) is 13.8. The molecule has 0 saturated carbocycles. The van der Waals surface area contributed by atoms with Crippen LogP contribution >= 0.6 is 15.9 Å². The number of para-hydroxylation sites is 2. The fourth-order valence-corrected chi connectivity index (χ4v) is 2.32. The number of nitrogens with zero attached hydrogens (tertiary/aromatic N) is 1. The van der Waals surface area contributed by atoms with E-state index in [1.165, 1.54) is 0 Å². The van der Waals surface area contributed by atoms with E-state index in [0.29, 0.717) is 5.96 Å². The average Bonchev–Trinajstić information content (AvgIpc) is 2.37. The Bertz CT molecular complexity index is 600. The molecular formula is C15H16BrN3. The molecule has 98 valence electrons. The van der Waals surface area contributed by atoms with Gasteiger partial charge in [-0.2, -0.15) is 0 Å². The van der Waals surface area contributed by atoms with Crippen LogP contribution in [0.25, 0.3) is 0 Å². The van der Waals surface area contributed by atoms with Crippen molar-refractivity contribution in [2.24, 2.45) is 10.7 Å². The molecule has 0 unspecified atom stereocenters. The minimum atomic E-state index is 0.379. The molecule has 3 nitrogen and oxygen atoms in total. The predicted molar refractivity (Wildman–Crippen MR) is 85.0 cm³/mol. The van der Waals surface area contributed by atoms with Gasteiger partial charge in [0.2, 0.25) is 0 Å². The molecule has 4 heteroatoms. The monoisotopic (exact) mass is 317 g/mol. The maximum atomic E-state index is 5.96. The van der Waals surface area contributed by atoms with E-state index in [1.807, 2.05) is 56.3 Å². The van der Waals surface area contributed by atoms with Gasteiger partial charge in [-0.3, -0.25) is 0 Å². The molecule has 0 saturated heterocycles. The zero-order valence-electron chi connectivity index (χ0n) is 10.9. The highest BCUT2D eigenvalue weighted by Gasteiger charge is 2.04. The number of nitrogens with one attached hydrogen (secondary N) is 1. The van der Waals surface area contributed by atoms with Gasteiger partial charge in [0.1, 0.15) is 0 Å². The molecule has 19 heavy (non-hydrogen) atoms. The Morgan fingerprint density at radius 3 is 2.42 bits per heavy atom. The fourth-order valence-electron chi connectivity index (χ4n) is 1.76. The van der Waals surface area contributed by atoms with Crippen LogP contribution in [0.4, 0.5) is 11.4 Å². The highest BCUT2D eigenvalue weighted by molar-refractivity contribution is 9.10. The lowest BCUT2D eigenvalue weighted by molar-refractivity contribution is 1.35. The van der Waals surface area contributed by atoms with Crippen LogP contribution in [0, 0.1) is 13.8 Å². The standard InChI is InChI=1S/C15H16BrN3/c1-10-6-3-4-9-13(10)18-15(17)19-14-11(2)7-5-8-12(14)16/h3-9H,1-2H3,(H3,17,18,19). The summed E-state index contributed by atoms with van der Waals surface area (Å²) in [4.78, 5) is 4.43. The maximum Gasteiger partial charge on any atom is 0.198 e. The molecule has 0 aliphatic carbocycles. The number of hydrogen-bond donors (Lipinski definition) is 2. The Balaban J connectivity index is 2.27. The first-order chi connectivity index (χ1) is 9.08. The molecule has 0 aliphatic heterocycles. The van der Waals surface area contributed by atoms with Gasteiger partial charge in [0.05, 0.1) is 5.69 Å². The van der Waals surface area contributed by atoms with Crippen molar-refractivity contribution in [1.82, 2.24) is 0 Å². The highest BCUT2D eigenvalue weighted by Crippen LogP contribution is 2.28. The topological polar surface area (TPSA) is 50.4 Å². The summed E-state index contributed by atoms with van der Waals surface area (Å²) in [6.45, 7) is 4.03. The van der Waals surface area contributed by atoms with Crippen LogP contribution in [0.2, 0.25) is 0 Å². The number of rotatable bonds is 2. The second-order valence-electron chi connectivity index (χ2n) is 4.34. The van der Waals surface area contributed by atoms with Gasteiger partial charge >= 0.3 is 0 Å². The van der Waals surface area contributed by atoms with Crippen LogP contribution in [0.15, 0.2) is 51.9 Å². The molecule has 2 aromatic carbocycles. The third-order valence-corrected chi connectivity index (χ3v) is 3.47. The Morgan fingerprint density at radius 2 is 1.74 bits per heavy atom. The second-order valence-corrected chi connectivity index (χ2v) is 5.20. The molecule has 0 aromatic heterocycles. The van der Waals surface area contributed by atoms with Crippen molar-refractivity contribution in [3.8, 4) is 0 Å². The molecule has 0 fully saturated rings. The quantitative estimate of drug-likeness (QED) is 0.646. The van der Waals surface area contributed by atoms with Crippen LogP contribution in [-0.2, 0) is 0 Å². The van der Waals surface area contributed by atoms with Gasteiger partial charge in [-0.25, -0.2) is 4.99 Å². The van der Waals surface area contributed by atoms with Crippen molar-refractivity contribution in [3.63, 3.8) is 0 Å². The van der Waals surface area contributed by atoms with Crippen LogP contribution in [0.1, 0.15) is 11.1 Å². The van der Waals surface area contributed by atoms with Crippen molar-refractivity contribution in [3.05, 3.63) is 58.1 Å². The third kappa shape index (κ3) is 3.35. The summed E-state index contributed by atoms with van der Waals surface area (Å²) in [5, 5.41) is 3.12. The summed E-state index contributed by atoms with van der Waals surface area (Å²) in [5.74, 6) is 0.379. The van der Waals surface area contributed by atoms with Crippen LogP contribution in [-0.4, -0.2) is 5.96 Å². The van der Waals surface area contributed by atoms with E-state index in [2.05, 4.69) is 26.2 Å². The number of halogens is 1. The van der Waals surface area contributed by atoms with Gasteiger partial charge < -0.3 is 11.1 Å². The summed E-state index contributed by atoms with van der Waals surface area (Å²) in [6.07, 6.45) is 0. The summed E-state index contributed by atoms with van der Waals surface area (Å²) in [5.41, 5.74) is 9.98. The van der Waals surface area contributed by atoms with Crippen molar-refractivity contribution in [2.75, 3.05) is 5.32 Å². The molecule has 0 spiro atoms. The molecular weight excluding hydrogens is 302 g/mol.